The van der Waals surface area contributed by atoms with E-state index in [-0.39, 0.29) is 11.4 Å². The number of aliphatic imine (C=N–C) groups is 1. The van der Waals surface area contributed by atoms with Crippen LogP contribution in [0.2, 0.25) is 0 Å². The van der Waals surface area contributed by atoms with Crippen molar-refractivity contribution >= 4 is 11.4 Å². The van der Waals surface area contributed by atoms with Gasteiger partial charge in [0.05, 0.1) is 11.4 Å². The molecule has 1 aromatic heterocycles. The normalized spacial score (nSPS) is 14.0. The maximum absolute atomic E-state index is 12.4. The van der Waals surface area contributed by atoms with Crippen LogP contribution >= 0.6 is 0 Å². The first-order chi connectivity index (χ1) is 11.4. The summed E-state index contributed by atoms with van der Waals surface area (Å²) in [6.07, 6.45) is 3.78. The van der Waals surface area contributed by atoms with Crippen LogP contribution in [0.5, 0.6) is 5.88 Å². The van der Waals surface area contributed by atoms with E-state index < -0.39 is 11.2 Å². The van der Waals surface area contributed by atoms with Gasteiger partial charge < -0.3 is 5.11 Å². The minimum Gasteiger partial charge on any atom is -0.494 e. The Hall–Kier alpha value is -2.63. The van der Waals surface area contributed by atoms with Gasteiger partial charge in [-0.15, -0.1) is 0 Å². The molecule has 0 fully saturated rings. The lowest BCUT2D eigenvalue weighted by Crippen LogP contribution is -2.40. The van der Waals surface area contributed by atoms with Gasteiger partial charge >= 0.3 is 5.69 Å². The summed E-state index contributed by atoms with van der Waals surface area (Å²) in [5.74, 6) is -0.343. The monoisotopic (exact) mass is 327 g/mol. The van der Waals surface area contributed by atoms with Gasteiger partial charge in [0.15, 0.2) is 0 Å². The van der Waals surface area contributed by atoms with Gasteiger partial charge in [-0.25, -0.2) is 4.79 Å². The Morgan fingerprint density at radius 3 is 2.58 bits per heavy atom. The molecule has 24 heavy (non-hydrogen) atoms. The predicted molar refractivity (Wildman–Crippen MR) is 93.5 cm³/mol. The van der Waals surface area contributed by atoms with E-state index in [0.29, 0.717) is 12.1 Å². The molecule has 0 amide bonds. The predicted octanol–water partition coefficient (Wildman–Crippen LogP) is 1.81. The van der Waals surface area contributed by atoms with Crippen molar-refractivity contribution in [1.82, 2.24) is 9.13 Å². The van der Waals surface area contributed by atoms with E-state index >= 15 is 0 Å². The van der Waals surface area contributed by atoms with E-state index in [1.54, 1.807) is 0 Å². The maximum atomic E-state index is 12.4. The van der Waals surface area contributed by atoms with E-state index in [2.05, 4.69) is 11.1 Å². The van der Waals surface area contributed by atoms with Crippen LogP contribution in [0.25, 0.3) is 0 Å². The SMILES string of the molecule is CCC(=Nc1ccc2c(c1)CCC2)c1c(O)n(C)c(=O)n(C)c1=O. The molecular weight excluding hydrogens is 306 g/mol. The molecule has 2 aromatic rings. The number of fused-ring (bicyclic) bond motifs is 1. The van der Waals surface area contributed by atoms with E-state index in [4.69, 9.17) is 0 Å². The molecule has 3 rings (SSSR count). The fourth-order valence-electron chi connectivity index (χ4n) is 3.18. The number of nitrogens with zero attached hydrogens (tertiary/aromatic N) is 3. The number of hydrogen-bond donors (Lipinski definition) is 1. The second kappa shape index (κ2) is 6.11. The highest BCUT2D eigenvalue weighted by molar-refractivity contribution is 6.03. The van der Waals surface area contributed by atoms with Crippen LogP contribution in [0.15, 0.2) is 32.8 Å². The molecule has 1 aromatic carbocycles. The summed E-state index contributed by atoms with van der Waals surface area (Å²) in [5, 5.41) is 10.3. The quantitative estimate of drug-likeness (QED) is 0.874. The largest absolute Gasteiger partial charge is 0.494 e. The molecule has 1 aliphatic carbocycles. The molecule has 0 aliphatic heterocycles. The summed E-state index contributed by atoms with van der Waals surface area (Å²) in [6.45, 7) is 1.87. The number of rotatable bonds is 3. The number of benzene rings is 1. The van der Waals surface area contributed by atoms with Crippen molar-refractivity contribution in [2.45, 2.75) is 32.6 Å². The lowest BCUT2D eigenvalue weighted by Gasteiger charge is -2.11. The van der Waals surface area contributed by atoms with Crippen molar-refractivity contribution in [3.63, 3.8) is 0 Å². The highest BCUT2D eigenvalue weighted by atomic mass is 16.3. The zero-order valence-electron chi connectivity index (χ0n) is 14.2. The Balaban J connectivity index is 2.17. The second-order valence-corrected chi connectivity index (χ2v) is 6.12. The molecule has 1 aliphatic rings. The molecule has 6 nitrogen and oxygen atoms in total. The second-order valence-electron chi connectivity index (χ2n) is 6.12. The van der Waals surface area contributed by atoms with Crippen LogP contribution in [-0.4, -0.2) is 20.0 Å². The summed E-state index contributed by atoms with van der Waals surface area (Å²) in [6, 6.07) is 6.05. The first kappa shape index (κ1) is 16.2. The molecule has 0 radical (unpaired) electrons. The fourth-order valence-corrected chi connectivity index (χ4v) is 3.18. The molecule has 0 atom stereocenters. The van der Waals surface area contributed by atoms with E-state index in [1.807, 2.05) is 19.1 Å². The van der Waals surface area contributed by atoms with Gasteiger partial charge in [-0.05, 0) is 48.9 Å². The first-order valence-electron chi connectivity index (χ1n) is 8.12. The molecule has 0 saturated carbocycles. The molecule has 126 valence electrons. The molecule has 0 bridgehead atoms. The number of hydrogen-bond acceptors (Lipinski definition) is 4. The summed E-state index contributed by atoms with van der Waals surface area (Å²) in [7, 11) is 2.83. The smallest absolute Gasteiger partial charge is 0.333 e. The maximum Gasteiger partial charge on any atom is 0.333 e. The van der Waals surface area contributed by atoms with E-state index in [1.165, 1.54) is 25.2 Å². The van der Waals surface area contributed by atoms with Crippen LogP contribution in [0, 0.1) is 0 Å². The van der Waals surface area contributed by atoms with Gasteiger partial charge in [0.1, 0.15) is 5.56 Å². The zero-order chi connectivity index (χ0) is 17.4. The Morgan fingerprint density at radius 2 is 1.88 bits per heavy atom. The van der Waals surface area contributed by atoms with Crippen molar-refractivity contribution in [1.29, 1.82) is 0 Å². The molecule has 0 spiro atoms. The number of aromatic hydroxyl groups is 1. The summed E-state index contributed by atoms with van der Waals surface area (Å²) >= 11 is 0. The highest BCUT2D eigenvalue weighted by Crippen LogP contribution is 2.27. The van der Waals surface area contributed by atoms with Gasteiger partial charge in [0, 0.05) is 14.1 Å². The summed E-state index contributed by atoms with van der Waals surface area (Å²) < 4.78 is 2.05. The minimum absolute atomic E-state index is 0.0857. The Labute approximate surface area is 139 Å². The number of aryl methyl sites for hydroxylation is 2. The molecule has 0 unspecified atom stereocenters. The third kappa shape index (κ3) is 2.58. The van der Waals surface area contributed by atoms with Crippen molar-refractivity contribution < 1.29 is 5.11 Å². The Bertz CT molecular complexity index is 951. The minimum atomic E-state index is -0.561. The Morgan fingerprint density at radius 1 is 1.17 bits per heavy atom. The van der Waals surface area contributed by atoms with Gasteiger partial charge in [0.2, 0.25) is 5.88 Å². The van der Waals surface area contributed by atoms with E-state index in [9.17, 15) is 14.7 Å². The standard InChI is InChI=1S/C18H21N3O3/c1-4-14(15-16(22)20(2)18(24)21(3)17(15)23)19-13-9-8-11-6-5-7-12(11)10-13/h8-10,22H,4-7H2,1-3H3. The van der Waals surface area contributed by atoms with Gasteiger partial charge in [-0.1, -0.05) is 13.0 Å². The lowest BCUT2D eigenvalue weighted by molar-refractivity contribution is 0.410. The zero-order valence-corrected chi connectivity index (χ0v) is 14.2. The van der Waals surface area contributed by atoms with Crippen LogP contribution < -0.4 is 11.2 Å². The molecule has 1 N–H and O–H groups in total. The van der Waals surface area contributed by atoms with E-state index in [0.717, 1.165) is 34.1 Å². The van der Waals surface area contributed by atoms with Gasteiger partial charge in [-0.2, -0.15) is 0 Å². The highest BCUT2D eigenvalue weighted by Gasteiger charge is 2.19. The van der Waals surface area contributed by atoms with Crippen molar-refractivity contribution in [2.75, 3.05) is 0 Å². The average Bonchev–Trinajstić information content (AvgIpc) is 3.05. The third-order valence-electron chi connectivity index (χ3n) is 4.60. The van der Waals surface area contributed by atoms with Gasteiger partial charge in [0.25, 0.3) is 5.56 Å². The molecule has 6 heteroatoms. The molecular formula is C18H21N3O3. The van der Waals surface area contributed by atoms with Crippen molar-refractivity contribution in [2.24, 2.45) is 19.1 Å². The van der Waals surface area contributed by atoms with Crippen LogP contribution in [0.1, 0.15) is 36.5 Å². The number of aromatic nitrogens is 2. The fraction of sp³-hybridized carbons (Fsp3) is 0.389. The lowest BCUT2D eigenvalue weighted by atomic mass is 10.1. The summed E-state index contributed by atoms with van der Waals surface area (Å²) in [4.78, 5) is 28.9. The molecule has 0 saturated heterocycles. The topological polar surface area (TPSA) is 76.6 Å². The third-order valence-corrected chi connectivity index (χ3v) is 4.60. The van der Waals surface area contributed by atoms with Crippen LogP contribution in [-0.2, 0) is 26.9 Å². The van der Waals surface area contributed by atoms with Gasteiger partial charge in [-0.3, -0.25) is 18.9 Å². The first-order valence-corrected chi connectivity index (χ1v) is 8.12. The van der Waals surface area contributed by atoms with Crippen molar-refractivity contribution in [3.05, 3.63) is 55.7 Å². The van der Waals surface area contributed by atoms with Crippen LogP contribution in [0.4, 0.5) is 5.69 Å². The average molecular weight is 327 g/mol. The van der Waals surface area contributed by atoms with Crippen molar-refractivity contribution in [3.8, 4) is 5.88 Å². The van der Waals surface area contributed by atoms with Crippen LogP contribution in [0.3, 0.4) is 0 Å². The summed E-state index contributed by atoms with van der Waals surface area (Å²) in [5.41, 5.74) is 2.89. The molecule has 1 heterocycles. The Kier molecular flexibility index (Phi) is 4.13.